The van der Waals surface area contributed by atoms with E-state index in [0.29, 0.717) is 0 Å². The first-order chi connectivity index (χ1) is 3.41. The summed E-state index contributed by atoms with van der Waals surface area (Å²) in [4.78, 5) is 0. The fourth-order valence-corrected chi connectivity index (χ4v) is 0.479. The maximum Gasteiger partial charge on any atom is 1.00 e. The van der Waals surface area contributed by atoms with Crippen molar-refractivity contribution in [1.82, 2.24) is 5.32 Å². The first-order valence-electron chi connectivity index (χ1n) is 3.12. The van der Waals surface area contributed by atoms with Crippen LogP contribution >= 0.6 is 0 Å². The third-order valence-corrected chi connectivity index (χ3v) is 0.957. The molecule has 8 heavy (non-hydrogen) atoms. The van der Waals surface area contributed by atoms with Crippen LogP contribution in [0.2, 0.25) is 0 Å². The molecule has 1 N–H and O–H groups in total. The van der Waals surface area contributed by atoms with E-state index in [2.05, 4.69) is 19.2 Å². The van der Waals surface area contributed by atoms with Crippen LogP contribution in [0.1, 0.15) is 26.7 Å². The van der Waals surface area contributed by atoms with Crippen molar-refractivity contribution in [1.29, 1.82) is 0 Å². The second kappa shape index (κ2) is 10.5. The van der Waals surface area contributed by atoms with E-state index in [1.165, 1.54) is 19.4 Å². The molecule has 0 atom stereocenters. The summed E-state index contributed by atoms with van der Waals surface area (Å²) in [5, 5.41) is 3.25. The minimum atomic E-state index is 0. The van der Waals surface area contributed by atoms with Crippen molar-refractivity contribution >= 4 is 0 Å². The van der Waals surface area contributed by atoms with Gasteiger partial charge < -0.3 is 5.32 Å². The first kappa shape index (κ1) is 11.4. The van der Waals surface area contributed by atoms with Crippen LogP contribution in [0.3, 0.4) is 0 Å². The Morgan fingerprint density at radius 1 is 1.25 bits per heavy atom. The fourth-order valence-electron chi connectivity index (χ4n) is 0.479. The van der Waals surface area contributed by atoms with Crippen LogP contribution < -0.4 is 24.2 Å². The number of unbranched alkanes of at least 4 members (excludes halogenated alkanes) is 1. The minimum Gasteiger partial charge on any atom is -0.317 e. The van der Waals surface area contributed by atoms with E-state index in [9.17, 15) is 0 Å². The van der Waals surface area contributed by atoms with Crippen molar-refractivity contribution in [3.8, 4) is 0 Å². The third-order valence-electron chi connectivity index (χ3n) is 0.957. The van der Waals surface area contributed by atoms with Gasteiger partial charge in [-0.1, -0.05) is 20.3 Å². The Kier molecular flexibility index (Phi) is 14.9. The van der Waals surface area contributed by atoms with Crippen LogP contribution in [0.15, 0.2) is 0 Å². The van der Waals surface area contributed by atoms with Crippen LogP contribution in [0.25, 0.3) is 0 Å². The van der Waals surface area contributed by atoms with Gasteiger partial charge in [-0.15, -0.1) is 0 Å². The Labute approximate surface area is 64.4 Å². The van der Waals surface area contributed by atoms with Crippen molar-refractivity contribution in [2.75, 3.05) is 13.1 Å². The first-order valence-corrected chi connectivity index (χ1v) is 3.12. The summed E-state index contributed by atoms with van der Waals surface area (Å²) < 4.78 is 0. The molecule has 0 heterocycles. The van der Waals surface area contributed by atoms with Gasteiger partial charge in [-0.05, 0) is 19.5 Å². The maximum absolute atomic E-state index is 3.25. The van der Waals surface area contributed by atoms with Crippen molar-refractivity contribution in [3.63, 3.8) is 0 Å². The number of hydrogen-bond donors (Lipinski definition) is 1. The van der Waals surface area contributed by atoms with Gasteiger partial charge in [0.05, 0.1) is 0 Å². The fraction of sp³-hybridized carbons (Fsp3) is 1.00. The number of rotatable bonds is 4. The zero-order chi connectivity index (χ0) is 5.54. The topological polar surface area (TPSA) is 12.0 Å². The summed E-state index contributed by atoms with van der Waals surface area (Å²) in [5.41, 5.74) is 0. The van der Waals surface area contributed by atoms with Crippen molar-refractivity contribution in [2.24, 2.45) is 0 Å². The standard InChI is InChI=1S/C6H15N.Li/c1-3-5-6-7-4-2;/h7H,3-6H2,1-2H3;/q;+1. The Hall–Kier alpha value is 0.557. The molecule has 44 valence electrons. The van der Waals surface area contributed by atoms with E-state index in [1.54, 1.807) is 0 Å². The monoisotopic (exact) mass is 108 g/mol. The van der Waals surface area contributed by atoms with E-state index in [1.807, 2.05) is 0 Å². The number of nitrogens with one attached hydrogen (secondary N) is 1. The molecular weight excluding hydrogens is 93.0 g/mol. The third kappa shape index (κ3) is 9.75. The Balaban J connectivity index is 0. The molecule has 0 radical (unpaired) electrons. The Morgan fingerprint density at radius 3 is 2.25 bits per heavy atom. The molecule has 0 aromatic heterocycles. The second-order valence-corrected chi connectivity index (χ2v) is 1.71. The van der Waals surface area contributed by atoms with Gasteiger partial charge in [-0.25, -0.2) is 0 Å². The molecule has 0 rings (SSSR count). The Morgan fingerprint density at radius 2 is 1.88 bits per heavy atom. The molecule has 1 nitrogen and oxygen atoms in total. The molecular formula is C6H15LiN+. The molecule has 0 saturated carbocycles. The van der Waals surface area contributed by atoms with Gasteiger partial charge in [0.2, 0.25) is 0 Å². The van der Waals surface area contributed by atoms with Crippen molar-refractivity contribution in [2.45, 2.75) is 26.7 Å². The van der Waals surface area contributed by atoms with Gasteiger partial charge in [0.15, 0.2) is 0 Å². The molecule has 2 heteroatoms. The van der Waals surface area contributed by atoms with Gasteiger partial charge in [0.25, 0.3) is 0 Å². The van der Waals surface area contributed by atoms with Crippen molar-refractivity contribution in [3.05, 3.63) is 0 Å². The van der Waals surface area contributed by atoms with Gasteiger partial charge in [-0.2, -0.15) is 0 Å². The van der Waals surface area contributed by atoms with E-state index in [0.717, 1.165) is 6.54 Å². The van der Waals surface area contributed by atoms with Crippen LogP contribution in [0, 0.1) is 0 Å². The summed E-state index contributed by atoms with van der Waals surface area (Å²) in [6, 6.07) is 0. The predicted molar refractivity (Wildman–Crippen MR) is 33.5 cm³/mol. The maximum atomic E-state index is 3.25. The molecule has 0 aliphatic carbocycles. The Bertz CT molecular complexity index is 27.7. The molecule has 0 aromatic rings. The quantitative estimate of drug-likeness (QED) is 0.338. The van der Waals surface area contributed by atoms with Crippen LogP contribution in [-0.2, 0) is 0 Å². The van der Waals surface area contributed by atoms with E-state index >= 15 is 0 Å². The SMILES string of the molecule is CCCCNCC.[Li+]. The zero-order valence-electron chi connectivity index (χ0n) is 6.33. The largest absolute Gasteiger partial charge is 1.00 e. The summed E-state index contributed by atoms with van der Waals surface area (Å²) in [6.07, 6.45) is 2.61. The van der Waals surface area contributed by atoms with Gasteiger partial charge in [0.1, 0.15) is 0 Å². The van der Waals surface area contributed by atoms with Gasteiger partial charge in [-0.3, -0.25) is 0 Å². The molecule has 0 spiro atoms. The molecule has 0 aliphatic rings. The van der Waals surface area contributed by atoms with Crippen LogP contribution in [-0.4, -0.2) is 13.1 Å². The van der Waals surface area contributed by atoms with Crippen molar-refractivity contribution < 1.29 is 18.9 Å². The molecule has 0 aromatic carbocycles. The van der Waals surface area contributed by atoms with Gasteiger partial charge >= 0.3 is 18.9 Å². The molecule has 0 unspecified atom stereocenters. The molecule has 0 fully saturated rings. The average molecular weight is 108 g/mol. The summed E-state index contributed by atoms with van der Waals surface area (Å²) >= 11 is 0. The van der Waals surface area contributed by atoms with E-state index in [-0.39, 0.29) is 18.9 Å². The van der Waals surface area contributed by atoms with E-state index < -0.39 is 0 Å². The predicted octanol–water partition coefficient (Wildman–Crippen LogP) is -1.60. The zero-order valence-corrected chi connectivity index (χ0v) is 6.33. The smallest absolute Gasteiger partial charge is 0.317 e. The average Bonchev–Trinajstić information content (AvgIpc) is 1.69. The van der Waals surface area contributed by atoms with Crippen LogP contribution in [0.5, 0.6) is 0 Å². The molecule has 0 bridgehead atoms. The normalized spacial score (nSPS) is 8.25. The molecule has 0 amide bonds. The number of hydrogen-bond acceptors (Lipinski definition) is 1. The second-order valence-electron chi connectivity index (χ2n) is 1.71. The molecule has 0 aliphatic heterocycles. The molecule has 0 saturated heterocycles. The van der Waals surface area contributed by atoms with E-state index in [4.69, 9.17) is 0 Å². The summed E-state index contributed by atoms with van der Waals surface area (Å²) in [6.45, 7) is 6.64. The minimum absolute atomic E-state index is 0. The van der Waals surface area contributed by atoms with Crippen LogP contribution in [0.4, 0.5) is 0 Å². The summed E-state index contributed by atoms with van der Waals surface area (Å²) in [7, 11) is 0. The van der Waals surface area contributed by atoms with Gasteiger partial charge in [0, 0.05) is 0 Å². The summed E-state index contributed by atoms with van der Waals surface area (Å²) in [5.74, 6) is 0.